The second kappa shape index (κ2) is 13.3. The van der Waals surface area contributed by atoms with E-state index >= 15 is 0 Å². The molecule has 194 valence electrons. The number of pyridine rings is 1. The first-order chi connectivity index (χ1) is 16.1. The molecule has 0 aliphatic heterocycles. The normalized spacial score (nSPS) is 10.4. The molecule has 3 rings (SSSR count). The lowest BCUT2D eigenvalue weighted by Gasteiger charge is -2.21. The third-order valence-corrected chi connectivity index (χ3v) is 5.67. The summed E-state index contributed by atoms with van der Waals surface area (Å²) in [4.78, 5) is 27.8. The van der Waals surface area contributed by atoms with Crippen LogP contribution in [0.2, 0.25) is 0 Å². The van der Waals surface area contributed by atoms with Gasteiger partial charge in [0.2, 0.25) is 0 Å². The average Bonchev–Trinajstić information content (AvgIpc) is 2.78. The Bertz CT molecular complexity index is 1230. The van der Waals surface area contributed by atoms with Crippen molar-refractivity contribution in [1.29, 1.82) is 0 Å². The molecule has 0 unspecified atom stereocenters. The molecule has 36 heavy (non-hydrogen) atoms. The number of aryl methyl sites for hydroxylation is 2. The molecule has 4 N–H and O–H groups in total. The number of nitrogens with zero attached hydrogens (tertiary/aromatic N) is 1. The molecule has 1 aromatic heterocycles. The number of aromatic nitrogens is 1. The van der Waals surface area contributed by atoms with Gasteiger partial charge in [-0.15, -0.1) is 24.8 Å². The molecule has 0 spiro atoms. The first kappa shape index (κ1) is 30.9. The fraction of sp³-hybridized carbons (Fsp3) is 0.296. The van der Waals surface area contributed by atoms with Gasteiger partial charge in [0.1, 0.15) is 17.9 Å². The number of ether oxygens (including phenoxy) is 1. The van der Waals surface area contributed by atoms with E-state index in [0.717, 1.165) is 51.7 Å². The standard InChI is InChI=1S/C27H30N2O5.2ClH/c1-15(2)11-23-21(13-28)25(18-7-5-16(3)6-8-18)22(17(4)29-23)14-34-24-10-9-19(26(30)31)12-20(24)27(32)33;;/h5-10,12,15H,11,13-14,28H2,1-4H3,(H,30,31)(H,32,33);2*1H. The van der Waals surface area contributed by atoms with Gasteiger partial charge in [0.25, 0.3) is 0 Å². The summed E-state index contributed by atoms with van der Waals surface area (Å²) in [7, 11) is 0. The van der Waals surface area contributed by atoms with Crippen molar-refractivity contribution < 1.29 is 24.5 Å². The zero-order valence-corrected chi connectivity index (χ0v) is 22.3. The smallest absolute Gasteiger partial charge is 0.339 e. The van der Waals surface area contributed by atoms with Crippen LogP contribution in [0.1, 0.15) is 62.6 Å². The fourth-order valence-corrected chi connectivity index (χ4v) is 3.97. The van der Waals surface area contributed by atoms with E-state index in [1.807, 2.05) is 38.1 Å². The van der Waals surface area contributed by atoms with E-state index in [0.29, 0.717) is 12.5 Å². The lowest BCUT2D eigenvalue weighted by atomic mass is 9.90. The topological polar surface area (TPSA) is 123 Å². The summed E-state index contributed by atoms with van der Waals surface area (Å²) in [6.07, 6.45) is 0.785. The van der Waals surface area contributed by atoms with Crippen LogP contribution in [-0.2, 0) is 19.6 Å². The van der Waals surface area contributed by atoms with Gasteiger partial charge in [-0.1, -0.05) is 43.7 Å². The van der Waals surface area contributed by atoms with Gasteiger partial charge in [-0.25, -0.2) is 9.59 Å². The first-order valence-electron chi connectivity index (χ1n) is 11.1. The number of benzene rings is 2. The zero-order valence-electron chi connectivity index (χ0n) is 20.7. The number of carbonyl (C=O) groups is 2. The van der Waals surface area contributed by atoms with Crippen molar-refractivity contribution >= 4 is 36.8 Å². The van der Waals surface area contributed by atoms with Gasteiger partial charge in [-0.3, -0.25) is 4.98 Å². The van der Waals surface area contributed by atoms with E-state index in [1.165, 1.54) is 12.1 Å². The minimum atomic E-state index is -1.26. The van der Waals surface area contributed by atoms with Crippen LogP contribution >= 0.6 is 24.8 Å². The van der Waals surface area contributed by atoms with E-state index in [9.17, 15) is 19.8 Å². The zero-order chi connectivity index (χ0) is 25.0. The van der Waals surface area contributed by atoms with Crippen molar-refractivity contribution in [2.24, 2.45) is 11.7 Å². The van der Waals surface area contributed by atoms with Gasteiger partial charge in [0.15, 0.2) is 0 Å². The Morgan fingerprint density at radius 3 is 2.14 bits per heavy atom. The summed E-state index contributed by atoms with van der Waals surface area (Å²) >= 11 is 0. The van der Waals surface area contributed by atoms with E-state index in [4.69, 9.17) is 15.5 Å². The Kier molecular flexibility index (Phi) is 11.4. The van der Waals surface area contributed by atoms with Crippen LogP contribution in [0.15, 0.2) is 42.5 Å². The van der Waals surface area contributed by atoms with Crippen LogP contribution in [-0.4, -0.2) is 27.1 Å². The Labute approximate surface area is 223 Å². The van der Waals surface area contributed by atoms with Crippen molar-refractivity contribution in [2.45, 2.75) is 47.3 Å². The number of carboxylic acid groups (broad SMARTS) is 2. The van der Waals surface area contributed by atoms with Crippen molar-refractivity contribution in [1.82, 2.24) is 4.98 Å². The minimum Gasteiger partial charge on any atom is -0.488 e. The van der Waals surface area contributed by atoms with Gasteiger partial charge in [-0.05, 0) is 61.1 Å². The molecule has 0 atom stereocenters. The first-order valence-corrected chi connectivity index (χ1v) is 11.1. The summed E-state index contributed by atoms with van der Waals surface area (Å²) < 4.78 is 5.95. The summed E-state index contributed by atoms with van der Waals surface area (Å²) in [5, 5.41) is 18.8. The molecule has 9 heteroatoms. The molecule has 0 aliphatic carbocycles. The summed E-state index contributed by atoms with van der Waals surface area (Å²) in [5.41, 5.74) is 12.4. The number of aromatic carboxylic acids is 2. The molecule has 2 aromatic carbocycles. The SMILES string of the molecule is Cc1ccc(-c2c(COc3ccc(C(=O)O)cc3C(=O)O)c(C)nc(CC(C)C)c2CN)cc1.Cl.Cl. The van der Waals surface area contributed by atoms with Crippen LogP contribution in [0.4, 0.5) is 0 Å². The third kappa shape index (κ3) is 6.97. The van der Waals surface area contributed by atoms with Gasteiger partial charge >= 0.3 is 11.9 Å². The number of hydrogen-bond acceptors (Lipinski definition) is 5. The van der Waals surface area contributed by atoms with Gasteiger partial charge < -0.3 is 20.7 Å². The molecular formula is C27H32Cl2N2O5. The molecule has 0 saturated heterocycles. The predicted octanol–water partition coefficient (Wildman–Crippen LogP) is 5.84. The highest BCUT2D eigenvalue weighted by Crippen LogP contribution is 2.34. The predicted molar refractivity (Wildman–Crippen MR) is 145 cm³/mol. The molecule has 0 aliphatic rings. The summed E-state index contributed by atoms with van der Waals surface area (Å²) in [5.74, 6) is -1.98. The minimum absolute atomic E-state index is 0. The molecule has 0 radical (unpaired) electrons. The van der Waals surface area contributed by atoms with Gasteiger partial charge in [0, 0.05) is 23.5 Å². The van der Waals surface area contributed by atoms with Crippen LogP contribution in [0.3, 0.4) is 0 Å². The Hall–Kier alpha value is -3.13. The molecular weight excluding hydrogens is 503 g/mol. The molecule has 7 nitrogen and oxygen atoms in total. The van der Waals surface area contributed by atoms with E-state index in [-0.39, 0.29) is 48.3 Å². The largest absolute Gasteiger partial charge is 0.488 e. The van der Waals surface area contributed by atoms with Crippen molar-refractivity contribution in [3.63, 3.8) is 0 Å². The molecule has 3 aromatic rings. The van der Waals surface area contributed by atoms with Crippen LogP contribution in [0, 0.1) is 19.8 Å². The molecule has 0 saturated carbocycles. The number of rotatable bonds is 9. The quantitative estimate of drug-likeness (QED) is 0.315. The Morgan fingerprint density at radius 2 is 1.61 bits per heavy atom. The summed E-state index contributed by atoms with van der Waals surface area (Å²) in [6, 6.07) is 11.9. The molecule has 0 amide bonds. The highest BCUT2D eigenvalue weighted by molar-refractivity contribution is 5.95. The van der Waals surface area contributed by atoms with Crippen molar-refractivity contribution in [3.8, 4) is 16.9 Å². The van der Waals surface area contributed by atoms with Crippen LogP contribution in [0.25, 0.3) is 11.1 Å². The lowest BCUT2D eigenvalue weighted by Crippen LogP contribution is -2.15. The van der Waals surface area contributed by atoms with E-state index < -0.39 is 11.9 Å². The van der Waals surface area contributed by atoms with Crippen LogP contribution in [0.5, 0.6) is 5.75 Å². The Balaban J connectivity index is 0.00000324. The Morgan fingerprint density at radius 1 is 0.972 bits per heavy atom. The average molecular weight is 535 g/mol. The molecule has 0 bridgehead atoms. The lowest BCUT2D eigenvalue weighted by molar-refractivity contribution is 0.0691. The van der Waals surface area contributed by atoms with Gasteiger partial charge in [0.05, 0.1) is 5.56 Å². The van der Waals surface area contributed by atoms with Crippen molar-refractivity contribution in [2.75, 3.05) is 0 Å². The maximum absolute atomic E-state index is 11.7. The van der Waals surface area contributed by atoms with Crippen molar-refractivity contribution in [3.05, 3.63) is 81.7 Å². The highest BCUT2D eigenvalue weighted by atomic mass is 35.5. The maximum atomic E-state index is 11.7. The maximum Gasteiger partial charge on any atom is 0.339 e. The third-order valence-electron chi connectivity index (χ3n) is 5.67. The number of nitrogens with two attached hydrogens (primary N) is 1. The second-order valence-corrected chi connectivity index (χ2v) is 8.75. The number of carboxylic acids is 2. The molecule has 1 heterocycles. The number of hydrogen-bond donors (Lipinski definition) is 3. The molecule has 0 fully saturated rings. The highest BCUT2D eigenvalue weighted by Gasteiger charge is 2.21. The monoisotopic (exact) mass is 534 g/mol. The van der Waals surface area contributed by atoms with Crippen LogP contribution < -0.4 is 10.5 Å². The summed E-state index contributed by atoms with van der Waals surface area (Å²) in [6.45, 7) is 8.56. The number of halogens is 2. The van der Waals surface area contributed by atoms with E-state index in [2.05, 4.69) is 13.8 Å². The fourth-order valence-electron chi connectivity index (χ4n) is 3.97. The van der Waals surface area contributed by atoms with Gasteiger partial charge in [-0.2, -0.15) is 0 Å². The second-order valence-electron chi connectivity index (χ2n) is 8.75. The van der Waals surface area contributed by atoms with E-state index in [1.54, 1.807) is 0 Å².